The lowest BCUT2D eigenvalue weighted by atomic mass is 10.1. The summed E-state index contributed by atoms with van der Waals surface area (Å²) < 4.78 is 26.2. The molecule has 3 aromatic rings. The third-order valence-corrected chi connectivity index (χ3v) is 7.01. The Labute approximate surface area is 187 Å². The van der Waals surface area contributed by atoms with Gasteiger partial charge in [-0.2, -0.15) is 0 Å². The molecule has 1 aliphatic heterocycles. The predicted octanol–water partition coefficient (Wildman–Crippen LogP) is 4.90. The highest BCUT2D eigenvalue weighted by atomic mass is 35.5. The number of carbonyl (C=O) groups is 1. The minimum atomic E-state index is -3.55. The van der Waals surface area contributed by atoms with Crippen molar-refractivity contribution in [2.24, 2.45) is 0 Å². The fraction of sp³-hybridized carbons (Fsp3) is 0.208. The van der Waals surface area contributed by atoms with Crippen molar-refractivity contribution >= 4 is 38.9 Å². The SMILES string of the molecule is C[C@@H]1Cc2ccccc2N1C(=O)c1ccc(N(Cc2ccccc2Cl)S(C)(=O)=O)cc1. The lowest BCUT2D eigenvalue weighted by Gasteiger charge is -2.25. The van der Waals surface area contributed by atoms with Gasteiger partial charge in [0.25, 0.3) is 5.91 Å². The monoisotopic (exact) mass is 454 g/mol. The first-order valence-electron chi connectivity index (χ1n) is 9.98. The van der Waals surface area contributed by atoms with Gasteiger partial charge in [0.15, 0.2) is 0 Å². The number of para-hydroxylation sites is 1. The molecule has 4 rings (SSSR count). The van der Waals surface area contributed by atoms with E-state index < -0.39 is 10.0 Å². The molecule has 0 aromatic heterocycles. The second kappa shape index (κ2) is 8.36. The van der Waals surface area contributed by atoms with Gasteiger partial charge < -0.3 is 4.90 Å². The Balaban J connectivity index is 1.62. The Hall–Kier alpha value is -2.83. The smallest absolute Gasteiger partial charge is 0.258 e. The van der Waals surface area contributed by atoms with Gasteiger partial charge in [0.1, 0.15) is 0 Å². The summed E-state index contributed by atoms with van der Waals surface area (Å²) in [7, 11) is -3.55. The molecule has 1 atom stereocenters. The molecule has 5 nitrogen and oxygen atoms in total. The van der Waals surface area contributed by atoms with Crippen LogP contribution in [0.4, 0.5) is 11.4 Å². The summed E-state index contributed by atoms with van der Waals surface area (Å²) in [4.78, 5) is 15.0. The summed E-state index contributed by atoms with van der Waals surface area (Å²) >= 11 is 6.23. The normalized spacial score (nSPS) is 15.6. The van der Waals surface area contributed by atoms with E-state index in [-0.39, 0.29) is 18.5 Å². The first-order chi connectivity index (χ1) is 14.8. The molecule has 31 heavy (non-hydrogen) atoms. The highest BCUT2D eigenvalue weighted by Crippen LogP contribution is 2.33. The van der Waals surface area contributed by atoms with Crippen LogP contribution in [0.1, 0.15) is 28.4 Å². The van der Waals surface area contributed by atoms with Gasteiger partial charge in [-0.05, 0) is 60.9 Å². The average molecular weight is 455 g/mol. The van der Waals surface area contributed by atoms with Crippen molar-refractivity contribution in [3.63, 3.8) is 0 Å². The van der Waals surface area contributed by atoms with Crippen LogP contribution in [0.2, 0.25) is 5.02 Å². The van der Waals surface area contributed by atoms with Gasteiger partial charge in [-0.15, -0.1) is 0 Å². The van der Waals surface area contributed by atoms with E-state index in [2.05, 4.69) is 0 Å². The zero-order chi connectivity index (χ0) is 22.2. The fourth-order valence-electron chi connectivity index (χ4n) is 3.97. The second-order valence-electron chi connectivity index (χ2n) is 7.76. The van der Waals surface area contributed by atoms with Crippen LogP contribution >= 0.6 is 11.6 Å². The molecule has 0 unspecified atom stereocenters. The van der Waals surface area contributed by atoms with Gasteiger partial charge >= 0.3 is 0 Å². The third-order valence-electron chi connectivity index (χ3n) is 5.50. The number of hydrogen-bond acceptors (Lipinski definition) is 3. The molecule has 0 saturated heterocycles. The standard InChI is InChI=1S/C24H23ClN2O3S/c1-17-15-19-7-4-6-10-23(19)27(17)24(28)18-11-13-21(14-12-18)26(31(2,29)30)16-20-8-3-5-9-22(20)25/h3-14,17H,15-16H2,1-2H3/t17-/m1/s1. The number of carbonyl (C=O) groups excluding carboxylic acids is 1. The van der Waals surface area contributed by atoms with E-state index in [4.69, 9.17) is 11.6 Å². The second-order valence-corrected chi connectivity index (χ2v) is 10.1. The third kappa shape index (κ3) is 4.31. The lowest BCUT2D eigenvalue weighted by molar-refractivity contribution is 0.0981. The molecule has 1 heterocycles. The summed E-state index contributed by atoms with van der Waals surface area (Å²) in [6, 6.07) is 21.8. The topological polar surface area (TPSA) is 57.7 Å². The molecule has 160 valence electrons. The fourth-order valence-corrected chi connectivity index (χ4v) is 5.04. The summed E-state index contributed by atoms with van der Waals surface area (Å²) in [5, 5.41) is 0.504. The number of rotatable bonds is 5. The van der Waals surface area contributed by atoms with E-state index in [1.54, 1.807) is 42.5 Å². The minimum absolute atomic E-state index is 0.0670. The maximum atomic E-state index is 13.2. The number of fused-ring (bicyclic) bond motifs is 1. The van der Waals surface area contributed by atoms with Crippen molar-refractivity contribution in [2.45, 2.75) is 25.9 Å². The van der Waals surface area contributed by atoms with Crippen molar-refractivity contribution in [3.05, 3.63) is 94.5 Å². The number of benzene rings is 3. The van der Waals surface area contributed by atoms with Gasteiger partial charge in [0.05, 0.1) is 18.5 Å². The molecule has 0 aliphatic carbocycles. The van der Waals surface area contributed by atoms with Gasteiger partial charge in [-0.25, -0.2) is 8.42 Å². The van der Waals surface area contributed by atoms with Crippen LogP contribution in [-0.2, 0) is 23.0 Å². The highest BCUT2D eigenvalue weighted by Gasteiger charge is 2.31. The average Bonchev–Trinajstić information content (AvgIpc) is 3.07. The molecule has 1 aliphatic rings. The first kappa shape index (κ1) is 21.4. The van der Waals surface area contributed by atoms with Crippen molar-refractivity contribution in [1.82, 2.24) is 0 Å². The van der Waals surface area contributed by atoms with Crippen LogP contribution in [-0.4, -0.2) is 26.6 Å². The van der Waals surface area contributed by atoms with Crippen molar-refractivity contribution < 1.29 is 13.2 Å². The van der Waals surface area contributed by atoms with Crippen LogP contribution in [0, 0.1) is 0 Å². The molecule has 0 radical (unpaired) electrons. The molecular weight excluding hydrogens is 432 g/mol. The molecule has 0 spiro atoms. The van der Waals surface area contributed by atoms with Crippen LogP contribution in [0.15, 0.2) is 72.8 Å². The number of anilines is 2. The van der Waals surface area contributed by atoms with Crippen LogP contribution in [0.3, 0.4) is 0 Å². The van der Waals surface area contributed by atoms with Gasteiger partial charge in [0.2, 0.25) is 10.0 Å². The molecule has 0 bridgehead atoms. The number of hydrogen-bond donors (Lipinski definition) is 0. The molecule has 3 aromatic carbocycles. The molecule has 1 amide bonds. The Morgan fingerprint density at radius 2 is 1.68 bits per heavy atom. The molecule has 0 N–H and O–H groups in total. The van der Waals surface area contributed by atoms with E-state index in [1.165, 1.54) is 4.31 Å². The Kier molecular flexibility index (Phi) is 5.77. The number of nitrogens with zero attached hydrogens (tertiary/aromatic N) is 2. The summed E-state index contributed by atoms with van der Waals surface area (Å²) in [6.07, 6.45) is 1.98. The maximum absolute atomic E-state index is 13.2. The van der Waals surface area contributed by atoms with E-state index in [1.807, 2.05) is 42.2 Å². The van der Waals surface area contributed by atoms with Crippen LogP contribution in [0.25, 0.3) is 0 Å². The predicted molar refractivity (Wildman–Crippen MR) is 125 cm³/mol. The molecule has 0 saturated carbocycles. The van der Waals surface area contributed by atoms with E-state index in [9.17, 15) is 13.2 Å². The van der Waals surface area contributed by atoms with Gasteiger partial charge in [-0.1, -0.05) is 48.0 Å². The number of sulfonamides is 1. The Bertz CT molecular complexity index is 1230. The van der Waals surface area contributed by atoms with Crippen molar-refractivity contribution in [3.8, 4) is 0 Å². The first-order valence-corrected chi connectivity index (χ1v) is 12.2. The summed E-state index contributed by atoms with van der Waals surface area (Å²) in [6.45, 7) is 2.14. The molecular formula is C24H23ClN2O3S. The zero-order valence-corrected chi connectivity index (χ0v) is 18.9. The molecule has 0 fully saturated rings. The van der Waals surface area contributed by atoms with E-state index in [0.717, 1.165) is 23.9 Å². The summed E-state index contributed by atoms with van der Waals surface area (Å²) in [5.41, 5.74) is 3.79. The van der Waals surface area contributed by atoms with Crippen LogP contribution < -0.4 is 9.21 Å². The van der Waals surface area contributed by atoms with Crippen molar-refractivity contribution in [1.29, 1.82) is 0 Å². The van der Waals surface area contributed by atoms with E-state index in [0.29, 0.717) is 21.8 Å². The Morgan fingerprint density at radius 1 is 1.03 bits per heavy atom. The van der Waals surface area contributed by atoms with Crippen LogP contribution in [0.5, 0.6) is 0 Å². The zero-order valence-electron chi connectivity index (χ0n) is 17.3. The Morgan fingerprint density at radius 3 is 2.35 bits per heavy atom. The molecule has 7 heteroatoms. The maximum Gasteiger partial charge on any atom is 0.258 e. The van der Waals surface area contributed by atoms with Crippen molar-refractivity contribution in [2.75, 3.05) is 15.5 Å². The minimum Gasteiger partial charge on any atom is -0.305 e. The quantitative estimate of drug-likeness (QED) is 0.551. The van der Waals surface area contributed by atoms with Gasteiger partial charge in [-0.3, -0.25) is 9.10 Å². The van der Waals surface area contributed by atoms with E-state index >= 15 is 0 Å². The lowest BCUT2D eigenvalue weighted by Crippen LogP contribution is -2.35. The number of amides is 1. The van der Waals surface area contributed by atoms with Gasteiger partial charge in [0, 0.05) is 22.3 Å². The number of halogens is 1. The summed E-state index contributed by atoms with van der Waals surface area (Å²) in [5.74, 6) is -0.0963. The largest absolute Gasteiger partial charge is 0.305 e. The highest BCUT2D eigenvalue weighted by molar-refractivity contribution is 7.92.